The summed E-state index contributed by atoms with van der Waals surface area (Å²) in [6.45, 7) is 5.17. The van der Waals surface area contributed by atoms with E-state index in [1.165, 1.54) is 0 Å². The van der Waals surface area contributed by atoms with Gasteiger partial charge in [-0.15, -0.1) is 5.10 Å². The number of methoxy groups -OCH3 is 1. The number of hydrogen-bond acceptors (Lipinski definition) is 5. The van der Waals surface area contributed by atoms with E-state index in [1.807, 2.05) is 46.1 Å². The molecule has 166 valence electrons. The topological polar surface area (TPSA) is 69.5 Å². The maximum absolute atomic E-state index is 12.6. The summed E-state index contributed by atoms with van der Waals surface area (Å²) in [6.07, 6.45) is 1.79. The molecule has 8 heteroatoms. The van der Waals surface area contributed by atoms with Gasteiger partial charge >= 0.3 is 0 Å². The summed E-state index contributed by atoms with van der Waals surface area (Å²) in [5, 5.41) is 5.93. The molecule has 3 rings (SSSR count). The first-order valence-electron chi connectivity index (χ1n) is 10.3. The number of aromatic nitrogens is 3. The minimum atomic E-state index is 0.0970. The van der Waals surface area contributed by atoms with Gasteiger partial charge in [-0.3, -0.25) is 4.79 Å². The van der Waals surface area contributed by atoms with Crippen molar-refractivity contribution >= 4 is 28.5 Å². The first-order chi connectivity index (χ1) is 14.8. The highest BCUT2D eigenvalue weighted by Gasteiger charge is 2.19. The number of ether oxygens (including phenoxy) is 2. The summed E-state index contributed by atoms with van der Waals surface area (Å²) in [7, 11) is 5.29. The van der Waals surface area contributed by atoms with E-state index in [9.17, 15) is 4.79 Å². The summed E-state index contributed by atoms with van der Waals surface area (Å²) in [5.74, 6) is 1.40. The molecule has 2 aromatic heterocycles. The third-order valence-corrected chi connectivity index (χ3v) is 5.67. The van der Waals surface area contributed by atoms with Crippen LogP contribution in [0.3, 0.4) is 0 Å². The van der Waals surface area contributed by atoms with Crippen LogP contribution in [-0.2, 0) is 18.3 Å². The van der Waals surface area contributed by atoms with E-state index in [1.54, 1.807) is 22.8 Å². The van der Waals surface area contributed by atoms with Gasteiger partial charge in [0, 0.05) is 37.8 Å². The lowest BCUT2D eigenvalue weighted by Crippen LogP contribution is -2.29. The average molecular weight is 445 g/mol. The summed E-state index contributed by atoms with van der Waals surface area (Å²) < 4.78 is 12.8. The number of nitrogens with zero attached hydrogens (tertiary/aromatic N) is 4. The number of pyridine rings is 1. The van der Waals surface area contributed by atoms with Crippen molar-refractivity contribution in [2.75, 3.05) is 27.3 Å². The fraction of sp³-hybridized carbons (Fsp3) is 0.435. The van der Waals surface area contributed by atoms with Crippen molar-refractivity contribution in [3.8, 4) is 11.6 Å². The lowest BCUT2D eigenvalue weighted by molar-refractivity contribution is -0.129. The Labute approximate surface area is 187 Å². The Hall–Kier alpha value is -2.80. The molecule has 0 saturated carbocycles. The van der Waals surface area contributed by atoms with Gasteiger partial charge in [0.15, 0.2) is 5.65 Å². The van der Waals surface area contributed by atoms with Crippen molar-refractivity contribution in [3.63, 3.8) is 0 Å². The number of benzene rings is 1. The maximum Gasteiger partial charge on any atom is 0.242 e. The van der Waals surface area contributed by atoms with Crippen molar-refractivity contribution in [3.05, 3.63) is 46.1 Å². The third-order valence-electron chi connectivity index (χ3n) is 5.43. The van der Waals surface area contributed by atoms with E-state index in [4.69, 9.17) is 26.1 Å². The molecule has 0 radical (unpaired) electrons. The predicted octanol–water partition coefficient (Wildman–Crippen LogP) is 4.11. The van der Waals surface area contributed by atoms with Crippen LogP contribution in [-0.4, -0.2) is 52.9 Å². The second-order valence-corrected chi connectivity index (χ2v) is 8.04. The van der Waals surface area contributed by atoms with E-state index in [0.29, 0.717) is 36.9 Å². The maximum atomic E-state index is 12.6. The molecule has 0 atom stereocenters. The molecule has 31 heavy (non-hydrogen) atoms. The third kappa shape index (κ3) is 5.28. The normalized spacial score (nSPS) is 11.0. The minimum absolute atomic E-state index is 0.0970. The van der Waals surface area contributed by atoms with Crippen LogP contribution in [0.1, 0.15) is 29.7 Å². The molecule has 1 amide bonds. The molecular formula is C23H29ClN4O3. The summed E-state index contributed by atoms with van der Waals surface area (Å²) >= 11 is 5.96. The second-order valence-electron chi connectivity index (χ2n) is 7.61. The van der Waals surface area contributed by atoms with Gasteiger partial charge in [-0.1, -0.05) is 17.7 Å². The van der Waals surface area contributed by atoms with Crippen LogP contribution in [0.25, 0.3) is 11.0 Å². The Balaban J connectivity index is 1.55. The van der Waals surface area contributed by atoms with Crippen molar-refractivity contribution in [1.82, 2.24) is 19.7 Å². The number of rotatable bonds is 9. The van der Waals surface area contributed by atoms with E-state index < -0.39 is 0 Å². The van der Waals surface area contributed by atoms with Crippen LogP contribution < -0.4 is 9.47 Å². The lowest BCUT2D eigenvalue weighted by atomic mass is 10.00. The SMILES string of the molecule is COc1nn(C)c2nc(C)c(CCC(=O)N(C)CCCOc3cccc(Cl)c3)c(C)c12. The monoisotopic (exact) mass is 444 g/mol. The molecule has 0 unspecified atom stereocenters. The van der Waals surface area contributed by atoms with Crippen LogP contribution in [0.2, 0.25) is 5.02 Å². The van der Waals surface area contributed by atoms with Crippen LogP contribution in [0.15, 0.2) is 24.3 Å². The zero-order valence-electron chi connectivity index (χ0n) is 18.7. The molecule has 0 aliphatic rings. The van der Waals surface area contributed by atoms with Gasteiger partial charge in [0.05, 0.1) is 19.1 Å². The first kappa shape index (κ1) is 22.9. The Bertz CT molecular complexity index is 1080. The standard InChI is InChI=1S/C23H29ClN4O3/c1-15-19(16(2)25-22-21(15)23(30-5)26-28(22)4)10-11-20(29)27(3)12-7-13-31-18-9-6-8-17(24)14-18/h6,8-9,14H,7,10-13H2,1-5H3. The molecule has 0 aliphatic carbocycles. The lowest BCUT2D eigenvalue weighted by Gasteiger charge is -2.18. The first-order valence-corrected chi connectivity index (χ1v) is 10.7. The van der Waals surface area contributed by atoms with Crippen LogP contribution in [0.4, 0.5) is 0 Å². The van der Waals surface area contributed by atoms with Crippen molar-refractivity contribution < 1.29 is 14.3 Å². The Morgan fingerprint density at radius 2 is 2.06 bits per heavy atom. The largest absolute Gasteiger partial charge is 0.493 e. The number of carbonyl (C=O) groups excluding carboxylic acids is 1. The molecule has 0 saturated heterocycles. The van der Waals surface area contributed by atoms with E-state index >= 15 is 0 Å². The van der Waals surface area contributed by atoms with Gasteiger partial charge in [0.1, 0.15) is 5.75 Å². The number of hydrogen-bond donors (Lipinski definition) is 0. The van der Waals surface area contributed by atoms with Crippen molar-refractivity contribution in [1.29, 1.82) is 0 Å². The molecule has 7 nitrogen and oxygen atoms in total. The van der Waals surface area contributed by atoms with E-state index in [0.717, 1.165) is 40.0 Å². The predicted molar refractivity (Wildman–Crippen MR) is 122 cm³/mol. The van der Waals surface area contributed by atoms with Crippen molar-refractivity contribution in [2.45, 2.75) is 33.1 Å². The Morgan fingerprint density at radius 3 is 2.77 bits per heavy atom. The summed E-state index contributed by atoms with van der Waals surface area (Å²) in [5.41, 5.74) is 3.85. The number of aryl methyl sites for hydroxylation is 3. The van der Waals surface area contributed by atoms with Gasteiger partial charge in [-0.25, -0.2) is 9.67 Å². The highest BCUT2D eigenvalue weighted by molar-refractivity contribution is 6.30. The summed E-state index contributed by atoms with van der Waals surface area (Å²) in [4.78, 5) is 19.1. The Kier molecular flexibility index (Phi) is 7.38. The van der Waals surface area contributed by atoms with Gasteiger partial charge in [0.2, 0.25) is 11.8 Å². The highest BCUT2D eigenvalue weighted by atomic mass is 35.5. The molecule has 0 N–H and O–H groups in total. The minimum Gasteiger partial charge on any atom is -0.493 e. The quantitative estimate of drug-likeness (QED) is 0.464. The highest BCUT2D eigenvalue weighted by Crippen LogP contribution is 2.30. The molecule has 1 aromatic carbocycles. The number of carbonyl (C=O) groups is 1. The second kappa shape index (κ2) is 10.0. The van der Waals surface area contributed by atoms with Gasteiger partial charge < -0.3 is 14.4 Å². The fourth-order valence-electron chi connectivity index (χ4n) is 3.70. The van der Waals surface area contributed by atoms with Crippen molar-refractivity contribution in [2.24, 2.45) is 7.05 Å². The Morgan fingerprint density at radius 1 is 1.29 bits per heavy atom. The molecule has 2 heterocycles. The van der Waals surface area contributed by atoms with Gasteiger partial charge in [0.25, 0.3) is 0 Å². The molecule has 0 spiro atoms. The number of fused-ring (bicyclic) bond motifs is 1. The molecule has 3 aromatic rings. The summed E-state index contributed by atoms with van der Waals surface area (Å²) in [6, 6.07) is 7.31. The molecular weight excluding hydrogens is 416 g/mol. The zero-order valence-corrected chi connectivity index (χ0v) is 19.5. The molecule has 0 fully saturated rings. The smallest absolute Gasteiger partial charge is 0.242 e. The number of amides is 1. The van der Waals surface area contributed by atoms with Crippen LogP contribution in [0, 0.1) is 13.8 Å². The van der Waals surface area contributed by atoms with Gasteiger partial charge in [-0.05, 0) is 56.0 Å². The van der Waals surface area contributed by atoms with E-state index in [2.05, 4.69) is 5.10 Å². The van der Waals surface area contributed by atoms with Crippen LogP contribution >= 0.6 is 11.6 Å². The molecule has 0 aliphatic heterocycles. The van der Waals surface area contributed by atoms with Gasteiger partial charge in [-0.2, -0.15) is 0 Å². The zero-order chi connectivity index (χ0) is 22.5. The average Bonchev–Trinajstić information content (AvgIpc) is 3.06. The van der Waals surface area contributed by atoms with Crippen LogP contribution in [0.5, 0.6) is 11.6 Å². The van der Waals surface area contributed by atoms with E-state index in [-0.39, 0.29) is 5.91 Å². The number of halogens is 1. The fourth-order valence-corrected chi connectivity index (χ4v) is 3.88. The molecule has 0 bridgehead atoms.